The van der Waals surface area contributed by atoms with Crippen molar-refractivity contribution in [1.82, 2.24) is 10.4 Å². The number of aromatic amines is 1. The van der Waals surface area contributed by atoms with E-state index in [-0.39, 0.29) is 11.4 Å². The molecule has 1 heterocycles. The fourth-order valence-corrected chi connectivity index (χ4v) is 4.83. The molecule has 0 atom stereocenters. The first-order chi connectivity index (χ1) is 19.4. The first-order valence-corrected chi connectivity index (χ1v) is 13.4. The number of fused-ring (bicyclic) bond motifs is 1. The van der Waals surface area contributed by atoms with Crippen LogP contribution in [-0.2, 0) is 0 Å². The van der Waals surface area contributed by atoms with Gasteiger partial charge < -0.3 is 14.5 Å². The Labute approximate surface area is 247 Å². The lowest BCUT2D eigenvalue weighted by Gasteiger charge is -2.10. The van der Waals surface area contributed by atoms with E-state index in [1.807, 2.05) is 30.3 Å². The Morgan fingerprint density at radius 1 is 0.925 bits per heavy atom. The molecule has 0 aliphatic carbocycles. The van der Waals surface area contributed by atoms with Crippen molar-refractivity contribution in [2.45, 2.75) is 0 Å². The third kappa shape index (κ3) is 5.74. The summed E-state index contributed by atoms with van der Waals surface area (Å²) in [6.45, 7) is 0. The van der Waals surface area contributed by atoms with Gasteiger partial charge in [0.15, 0.2) is 11.5 Å². The highest BCUT2D eigenvalue weighted by atomic mass is 79.9. The number of para-hydroxylation sites is 1. The van der Waals surface area contributed by atoms with Gasteiger partial charge >= 0.3 is 5.97 Å². The summed E-state index contributed by atoms with van der Waals surface area (Å²) >= 11 is 16.2. The minimum Gasteiger partial charge on any atom is -0.493 e. The summed E-state index contributed by atoms with van der Waals surface area (Å²) in [6.07, 6.45) is 1.45. The molecule has 0 unspecified atom stereocenters. The molecule has 1 amide bonds. The van der Waals surface area contributed by atoms with Gasteiger partial charge in [0, 0.05) is 26.0 Å². The Bertz CT molecular complexity index is 1770. The summed E-state index contributed by atoms with van der Waals surface area (Å²) in [5.74, 6) is -0.430. The van der Waals surface area contributed by atoms with Gasteiger partial charge in [0.25, 0.3) is 5.91 Å². The van der Waals surface area contributed by atoms with Crippen LogP contribution in [0.15, 0.2) is 94.5 Å². The Balaban J connectivity index is 1.37. The normalized spacial score (nSPS) is 11.1. The molecule has 4 aromatic carbocycles. The molecule has 10 heteroatoms. The molecule has 1 aromatic heterocycles. The fraction of sp³-hybridized carbons (Fsp3) is 0.0333. The van der Waals surface area contributed by atoms with Gasteiger partial charge in [-0.1, -0.05) is 69.5 Å². The molecule has 0 saturated carbocycles. The van der Waals surface area contributed by atoms with E-state index in [0.717, 1.165) is 9.86 Å². The van der Waals surface area contributed by atoms with E-state index in [2.05, 4.69) is 31.4 Å². The van der Waals surface area contributed by atoms with Crippen molar-refractivity contribution in [3.05, 3.63) is 116 Å². The summed E-state index contributed by atoms with van der Waals surface area (Å²) in [5.41, 5.74) is 5.74. The molecule has 0 saturated heterocycles. The van der Waals surface area contributed by atoms with Crippen LogP contribution in [0.25, 0.3) is 22.0 Å². The number of nitrogens with one attached hydrogen (secondary N) is 2. The minimum absolute atomic E-state index is 0.246. The van der Waals surface area contributed by atoms with Crippen LogP contribution in [-0.4, -0.2) is 30.2 Å². The van der Waals surface area contributed by atoms with E-state index < -0.39 is 11.9 Å². The monoisotopic (exact) mass is 635 g/mol. The van der Waals surface area contributed by atoms with Crippen LogP contribution in [0.1, 0.15) is 26.4 Å². The lowest BCUT2D eigenvalue weighted by molar-refractivity contribution is 0.0729. The number of hydrazone groups is 1. The Hall–Kier alpha value is -4.11. The molecule has 0 aliphatic rings. The van der Waals surface area contributed by atoms with Crippen molar-refractivity contribution < 1.29 is 19.1 Å². The van der Waals surface area contributed by atoms with Gasteiger partial charge in [-0.05, 0) is 60.2 Å². The van der Waals surface area contributed by atoms with Crippen LogP contribution in [0.4, 0.5) is 0 Å². The molecule has 5 rings (SSSR count). The van der Waals surface area contributed by atoms with Crippen molar-refractivity contribution in [3.63, 3.8) is 0 Å². The standard InChI is InChI=1S/C30H20BrCl2N3O4/c1-39-25-15-17(9-14-24(25)40-30(38)18-10-12-19(31)13-11-18)16-34-36-29(37)28-26(20-5-2-3-7-22(20)32)21-6-4-8-23(33)27(21)35-28/h2-16,35H,1H3,(H,36,37). The zero-order valence-corrected chi connectivity index (χ0v) is 24.0. The van der Waals surface area contributed by atoms with E-state index in [4.69, 9.17) is 32.7 Å². The topological polar surface area (TPSA) is 92.8 Å². The van der Waals surface area contributed by atoms with Gasteiger partial charge in [0.2, 0.25) is 0 Å². The fourth-order valence-electron chi connectivity index (χ4n) is 4.11. The number of benzene rings is 4. The van der Waals surface area contributed by atoms with Gasteiger partial charge in [-0.3, -0.25) is 4.79 Å². The molecule has 0 radical (unpaired) electrons. The Kier molecular flexibility index (Phi) is 8.21. The van der Waals surface area contributed by atoms with Crippen LogP contribution < -0.4 is 14.9 Å². The summed E-state index contributed by atoms with van der Waals surface area (Å²) in [4.78, 5) is 28.9. The number of nitrogens with zero attached hydrogens (tertiary/aromatic N) is 1. The summed E-state index contributed by atoms with van der Waals surface area (Å²) in [5, 5.41) is 5.84. The third-order valence-electron chi connectivity index (χ3n) is 6.00. The van der Waals surface area contributed by atoms with E-state index in [1.165, 1.54) is 13.3 Å². The van der Waals surface area contributed by atoms with Crippen molar-refractivity contribution in [2.24, 2.45) is 5.10 Å². The number of hydrogen-bond donors (Lipinski definition) is 2. The van der Waals surface area contributed by atoms with Crippen LogP contribution in [0, 0.1) is 0 Å². The van der Waals surface area contributed by atoms with Crippen molar-refractivity contribution in [1.29, 1.82) is 0 Å². The van der Waals surface area contributed by atoms with Gasteiger partial charge in [-0.25, -0.2) is 10.2 Å². The molecule has 200 valence electrons. The van der Waals surface area contributed by atoms with E-state index >= 15 is 0 Å². The Morgan fingerprint density at radius 3 is 2.42 bits per heavy atom. The van der Waals surface area contributed by atoms with Gasteiger partial charge in [-0.15, -0.1) is 0 Å². The zero-order valence-electron chi connectivity index (χ0n) is 20.9. The number of ether oxygens (including phenoxy) is 2. The highest BCUT2D eigenvalue weighted by Crippen LogP contribution is 2.38. The second kappa shape index (κ2) is 12.0. The molecular formula is C30H20BrCl2N3O4. The molecule has 7 nitrogen and oxygen atoms in total. The summed E-state index contributed by atoms with van der Waals surface area (Å²) in [6, 6.07) is 24.4. The average molecular weight is 637 g/mol. The lowest BCUT2D eigenvalue weighted by Crippen LogP contribution is -2.19. The number of hydrogen-bond acceptors (Lipinski definition) is 5. The molecule has 0 aliphatic heterocycles. The minimum atomic E-state index is -0.521. The predicted octanol–water partition coefficient (Wildman–Crippen LogP) is 7.90. The summed E-state index contributed by atoms with van der Waals surface area (Å²) < 4.78 is 11.8. The number of methoxy groups -OCH3 is 1. The highest BCUT2D eigenvalue weighted by molar-refractivity contribution is 9.10. The van der Waals surface area contributed by atoms with E-state index in [1.54, 1.807) is 54.6 Å². The van der Waals surface area contributed by atoms with Gasteiger partial charge in [0.1, 0.15) is 5.69 Å². The number of H-pyrrole nitrogens is 1. The quantitative estimate of drug-likeness (QED) is 0.0822. The van der Waals surface area contributed by atoms with Crippen molar-refractivity contribution in [2.75, 3.05) is 7.11 Å². The predicted molar refractivity (Wildman–Crippen MR) is 161 cm³/mol. The van der Waals surface area contributed by atoms with Crippen LogP contribution in [0.2, 0.25) is 10.0 Å². The number of rotatable bonds is 7. The lowest BCUT2D eigenvalue weighted by atomic mass is 10.0. The number of carbonyl (C=O) groups is 2. The molecule has 5 aromatic rings. The number of halogens is 3. The maximum Gasteiger partial charge on any atom is 0.343 e. The molecule has 2 N–H and O–H groups in total. The second-order valence-electron chi connectivity index (χ2n) is 8.52. The number of carbonyl (C=O) groups excluding carboxylic acids is 2. The third-order valence-corrected chi connectivity index (χ3v) is 7.18. The molecule has 0 bridgehead atoms. The van der Waals surface area contributed by atoms with Gasteiger partial charge in [-0.2, -0.15) is 5.10 Å². The van der Waals surface area contributed by atoms with Crippen molar-refractivity contribution in [3.8, 4) is 22.6 Å². The van der Waals surface area contributed by atoms with Crippen LogP contribution in [0.3, 0.4) is 0 Å². The SMILES string of the molecule is COc1cc(C=NNC(=O)c2[nH]c3c(Cl)cccc3c2-c2ccccc2Cl)ccc1OC(=O)c1ccc(Br)cc1. The first-order valence-electron chi connectivity index (χ1n) is 11.9. The van der Waals surface area contributed by atoms with Gasteiger partial charge in [0.05, 0.1) is 29.4 Å². The molecule has 0 spiro atoms. The second-order valence-corrected chi connectivity index (χ2v) is 10.3. The van der Waals surface area contributed by atoms with E-state index in [9.17, 15) is 9.59 Å². The number of amides is 1. The molecule has 40 heavy (non-hydrogen) atoms. The maximum absolute atomic E-state index is 13.2. The highest BCUT2D eigenvalue weighted by Gasteiger charge is 2.22. The zero-order chi connectivity index (χ0) is 28.2. The van der Waals surface area contributed by atoms with E-state index in [0.29, 0.717) is 43.6 Å². The van der Waals surface area contributed by atoms with Crippen LogP contribution in [0.5, 0.6) is 11.5 Å². The maximum atomic E-state index is 13.2. The largest absolute Gasteiger partial charge is 0.493 e. The summed E-state index contributed by atoms with van der Waals surface area (Å²) in [7, 11) is 1.46. The number of aromatic nitrogens is 1. The van der Waals surface area contributed by atoms with Crippen LogP contribution >= 0.6 is 39.1 Å². The average Bonchev–Trinajstić information content (AvgIpc) is 3.35. The number of esters is 1. The molecular weight excluding hydrogens is 617 g/mol. The molecule has 0 fully saturated rings. The smallest absolute Gasteiger partial charge is 0.343 e. The van der Waals surface area contributed by atoms with Crippen molar-refractivity contribution >= 4 is 68.1 Å². The Morgan fingerprint density at radius 2 is 1.68 bits per heavy atom. The first kappa shape index (κ1) is 27.5.